The zero-order chi connectivity index (χ0) is 13.1. The minimum atomic E-state index is -0.0122. The summed E-state index contributed by atoms with van der Waals surface area (Å²) in [6.45, 7) is 15.6. The van der Waals surface area contributed by atoms with Gasteiger partial charge in [-0.2, -0.15) is 0 Å². The molecular weight excluding hydrogens is 210 g/mol. The SMILES string of the molecule is CCC(C)CC1(CC)CNCC(C)(C(C)C)O1. The second-order valence-electron chi connectivity index (χ2n) is 6.43. The highest BCUT2D eigenvalue weighted by Gasteiger charge is 2.43. The molecule has 1 saturated heterocycles. The quantitative estimate of drug-likeness (QED) is 0.794. The van der Waals surface area contributed by atoms with Crippen molar-refractivity contribution in [1.82, 2.24) is 5.32 Å². The van der Waals surface area contributed by atoms with E-state index in [1.807, 2.05) is 0 Å². The van der Waals surface area contributed by atoms with Crippen LogP contribution < -0.4 is 5.32 Å². The predicted molar refractivity (Wildman–Crippen MR) is 74.3 cm³/mol. The third kappa shape index (κ3) is 3.45. The molecule has 0 amide bonds. The van der Waals surface area contributed by atoms with Crippen molar-refractivity contribution in [3.63, 3.8) is 0 Å². The molecule has 102 valence electrons. The monoisotopic (exact) mass is 241 g/mol. The van der Waals surface area contributed by atoms with Crippen molar-refractivity contribution in [2.75, 3.05) is 13.1 Å². The molecule has 0 aliphatic carbocycles. The molecule has 0 aromatic heterocycles. The Morgan fingerprint density at radius 2 is 1.82 bits per heavy atom. The summed E-state index contributed by atoms with van der Waals surface area (Å²) in [7, 11) is 0. The predicted octanol–water partition coefficient (Wildman–Crippen LogP) is 3.61. The summed E-state index contributed by atoms with van der Waals surface area (Å²) in [6, 6.07) is 0. The number of ether oxygens (including phenoxy) is 1. The molecule has 0 bridgehead atoms. The summed E-state index contributed by atoms with van der Waals surface area (Å²) in [6.07, 6.45) is 3.52. The van der Waals surface area contributed by atoms with Crippen LogP contribution in [-0.2, 0) is 4.74 Å². The second kappa shape index (κ2) is 5.71. The fraction of sp³-hybridized carbons (Fsp3) is 1.00. The molecule has 2 nitrogen and oxygen atoms in total. The zero-order valence-corrected chi connectivity index (χ0v) is 12.6. The second-order valence-corrected chi connectivity index (χ2v) is 6.43. The Morgan fingerprint density at radius 1 is 1.18 bits per heavy atom. The average molecular weight is 241 g/mol. The molecule has 0 aromatic rings. The van der Waals surface area contributed by atoms with Crippen molar-refractivity contribution in [3.05, 3.63) is 0 Å². The van der Waals surface area contributed by atoms with Crippen LogP contribution in [0.1, 0.15) is 60.8 Å². The van der Waals surface area contributed by atoms with Crippen LogP contribution in [0.2, 0.25) is 0 Å². The lowest BCUT2D eigenvalue weighted by molar-refractivity contribution is -0.197. The van der Waals surface area contributed by atoms with Gasteiger partial charge < -0.3 is 10.1 Å². The maximum absolute atomic E-state index is 6.58. The van der Waals surface area contributed by atoms with Crippen LogP contribution in [0.5, 0.6) is 0 Å². The number of rotatable bonds is 5. The number of hydrogen-bond acceptors (Lipinski definition) is 2. The number of hydrogen-bond donors (Lipinski definition) is 1. The van der Waals surface area contributed by atoms with E-state index in [-0.39, 0.29) is 11.2 Å². The van der Waals surface area contributed by atoms with Gasteiger partial charge >= 0.3 is 0 Å². The van der Waals surface area contributed by atoms with Crippen molar-refractivity contribution in [3.8, 4) is 0 Å². The average Bonchev–Trinajstić information content (AvgIpc) is 2.28. The van der Waals surface area contributed by atoms with E-state index in [0.29, 0.717) is 5.92 Å². The Bertz CT molecular complexity index is 241. The van der Waals surface area contributed by atoms with Crippen molar-refractivity contribution >= 4 is 0 Å². The van der Waals surface area contributed by atoms with E-state index < -0.39 is 0 Å². The highest BCUT2D eigenvalue weighted by Crippen LogP contribution is 2.36. The molecular formula is C15H31NO. The normalized spacial score (nSPS) is 36.2. The Morgan fingerprint density at radius 3 is 2.29 bits per heavy atom. The van der Waals surface area contributed by atoms with E-state index in [1.165, 1.54) is 12.8 Å². The molecule has 3 unspecified atom stereocenters. The zero-order valence-electron chi connectivity index (χ0n) is 12.6. The third-order valence-electron chi connectivity index (χ3n) is 4.66. The molecule has 0 aromatic carbocycles. The molecule has 1 heterocycles. The molecule has 3 atom stereocenters. The summed E-state index contributed by atoms with van der Waals surface area (Å²) in [5, 5.41) is 3.60. The third-order valence-corrected chi connectivity index (χ3v) is 4.66. The molecule has 1 N–H and O–H groups in total. The number of morpholine rings is 1. The molecule has 0 radical (unpaired) electrons. The van der Waals surface area contributed by atoms with Gasteiger partial charge in [-0.25, -0.2) is 0 Å². The lowest BCUT2D eigenvalue weighted by Gasteiger charge is -2.50. The molecule has 1 fully saturated rings. The standard InChI is InChI=1S/C15H31NO/c1-7-13(5)9-15(8-2)11-16-10-14(6,17-15)12(3)4/h12-13,16H,7-11H2,1-6H3. The summed E-state index contributed by atoms with van der Waals surface area (Å²) in [5.41, 5.74) is 0.0361. The minimum Gasteiger partial charge on any atom is -0.366 e. The van der Waals surface area contributed by atoms with Gasteiger partial charge in [0.25, 0.3) is 0 Å². The largest absolute Gasteiger partial charge is 0.366 e. The van der Waals surface area contributed by atoms with Crippen LogP contribution in [0.15, 0.2) is 0 Å². The van der Waals surface area contributed by atoms with Crippen molar-refractivity contribution in [2.45, 2.75) is 72.0 Å². The van der Waals surface area contributed by atoms with Gasteiger partial charge in [0, 0.05) is 13.1 Å². The van der Waals surface area contributed by atoms with Gasteiger partial charge in [0.2, 0.25) is 0 Å². The maximum Gasteiger partial charge on any atom is 0.0814 e. The topological polar surface area (TPSA) is 21.3 Å². The van der Waals surface area contributed by atoms with E-state index in [0.717, 1.165) is 25.4 Å². The van der Waals surface area contributed by atoms with Gasteiger partial charge in [-0.15, -0.1) is 0 Å². The lowest BCUT2D eigenvalue weighted by Crippen LogP contribution is -2.61. The Balaban J connectivity index is 2.78. The van der Waals surface area contributed by atoms with Crippen LogP contribution in [0.25, 0.3) is 0 Å². The van der Waals surface area contributed by atoms with Gasteiger partial charge in [0.05, 0.1) is 11.2 Å². The molecule has 0 saturated carbocycles. The van der Waals surface area contributed by atoms with Gasteiger partial charge in [0.1, 0.15) is 0 Å². The van der Waals surface area contributed by atoms with E-state index in [1.54, 1.807) is 0 Å². The Kier molecular flexibility index (Phi) is 5.03. The van der Waals surface area contributed by atoms with Gasteiger partial charge in [-0.1, -0.05) is 41.0 Å². The van der Waals surface area contributed by atoms with E-state index in [2.05, 4.69) is 46.9 Å². The van der Waals surface area contributed by atoms with Gasteiger partial charge in [0.15, 0.2) is 0 Å². The molecule has 0 spiro atoms. The van der Waals surface area contributed by atoms with E-state index >= 15 is 0 Å². The summed E-state index contributed by atoms with van der Waals surface area (Å²) < 4.78 is 6.58. The summed E-state index contributed by atoms with van der Waals surface area (Å²) in [4.78, 5) is 0. The lowest BCUT2D eigenvalue weighted by atomic mass is 9.82. The highest BCUT2D eigenvalue weighted by atomic mass is 16.5. The number of nitrogens with one attached hydrogen (secondary N) is 1. The summed E-state index contributed by atoms with van der Waals surface area (Å²) >= 11 is 0. The van der Waals surface area contributed by atoms with E-state index in [4.69, 9.17) is 4.74 Å². The van der Waals surface area contributed by atoms with Crippen LogP contribution >= 0.6 is 0 Å². The van der Waals surface area contributed by atoms with Crippen LogP contribution in [0.3, 0.4) is 0 Å². The molecule has 2 heteroatoms. The fourth-order valence-electron chi connectivity index (χ4n) is 2.66. The van der Waals surface area contributed by atoms with Crippen LogP contribution in [-0.4, -0.2) is 24.3 Å². The Labute approximate surface area is 108 Å². The molecule has 1 aliphatic rings. The first-order chi connectivity index (χ1) is 7.87. The molecule has 1 rings (SSSR count). The van der Waals surface area contributed by atoms with Crippen molar-refractivity contribution in [2.24, 2.45) is 11.8 Å². The molecule has 1 aliphatic heterocycles. The first-order valence-corrected chi connectivity index (χ1v) is 7.28. The minimum absolute atomic E-state index is 0.0122. The van der Waals surface area contributed by atoms with Crippen molar-refractivity contribution < 1.29 is 4.74 Å². The first kappa shape index (κ1) is 15.0. The highest BCUT2D eigenvalue weighted by molar-refractivity contribution is 4.96. The van der Waals surface area contributed by atoms with E-state index in [9.17, 15) is 0 Å². The van der Waals surface area contributed by atoms with Crippen LogP contribution in [0.4, 0.5) is 0 Å². The first-order valence-electron chi connectivity index (χ1n) is 7.28. The smallest absolute Gasteiger partial charge is 0.0814 e. The molecule has 17 heavy (non-hydrogen) atoms. The summed E-state index contributed by atoms with van der Waals surface area (Å²) in [5.74, 6) is 1.30. The van der Waals surface area contributed by atoms with Gasteiger partial charge in [-0.05, 0) is 31.6 Å². The van der Waals surface area contributed by atoms with Crippen LogP contribution in [0, 0.1) is 11.8 Å². The Hall–Kier alpha value is -0.0800. The maximum atomic E-state index is 6.58. The van der Waals surface area contributed by atoms with Gasteiger partial charge in [-0.3, -0.25) is 0 Å². The fourth-order valence-corrected chi connectivity index (χ4v) is 2.66. The van der Waals surface area contributed by atoms with Crippen molar-refractivity contribution in [1.29, 1.82) is 0 Å².